The lowest BCUT2D eigenvalue weighted by Crippen LogP contribution is -1.95. The minimum Gasteiger partial charge on any atom is -0.478 e. The summed E-state index contributed by atoms with van der Waals surface area (Å²) in [7, 11) is 1.88. The van der Waals surface area contributed by atoms with Crippen molar-refractivity contribution in [1.29, 1.82) is 0 Å². The van der Waals surface area contributed by atoms with Gasteiger partial charge in [0, 0.05) is 7.05 Å². The molecule has 1 N–H and O–H groups in total. The molecule has 0 spiro atoms. The highest BCUT2D eigenvalue weighted by Crippen LogP contribution is 2.25. The van der Waals surface area contributed by atoms with Crippen molar-refractivity contribution in [3.05, 3.63) is 34.9 Å². The summed E-state index contributed by atoms with van der Waals surface area (Å²) in [6, 6.07) is 3.56. The number of aryl methyl sites for hydroxylation is 3. The monoisotopic (exact) mass is 266 g/mol. The van der Waals surface area contributed by atoms with Crippen molar-refractivity contribution in [2.45, 2.75) is 24.6 Å². The first-order valence-electron chi connectivity index (χ1n) is 5.43. The van der Waals surface area contributed by atoms with E-state index in [1.54, 1.807) is 29.4 Å². The average molecular weight is 266 g/mol. The van der Waals surface area contributed by atoms with E-state index >= 15 is 0 Å². The molecule has 96 valence electrons. The van der Waals surface area contributed by atoms with E-state index in [2.05, 4.69) is 5.10 Å². The van der Waals surface area contributed by atoms with Crippen LogP contribution in [-0.2, 0) is 12.8 Å². The number of carbonyl (C=O) groups is 1. The molecule has 0 atom stereocenters. The summed E-state index contributed by atoms with van der Waals surface area (Å²) in [4.78, 5) is 10.9. The van der Waals surface area contributed by atoms with Crippen LogP contribution in [0.15, 0.2) is 21.6 Å². The molecule has 0 aliphatic carbocycles. The van der Waals surface area contributed by atoms with Gasteiger partial charge in [0.05, 0.1) is 16.5 Å². The maximum atomic E-state index is 10.9. The van der Waals surface area contributed by atoms with Crippen LogP contribution in [0.5, 0.6) is 0 Å². The van der Waals surface area contributed by atoms with E-state index in [1.165, 1.54) is 0 Å². The summed E-state index contributed by atoms with van der Waals surface area (Å²) in [5.41, 5.74) is 1.19. The number of aromatic nitrogens is 2. The molecular formula is C12H14N2O3S. The van der Waals surface area contributed by atoms with Crippen LogP contribution < -0.4 is 0 Å². The Kier molecular flexibility index (Phi) is 3.47. The molecule has 18 heavy (non-hydrogen) atoms. The molecule has 2 rings (SSSR count). The number of carboxylic acids is 1. The van der Waals surface area contributed by atoms with Crippen LogP contribution in [0.25, 0.3) is 0 Å². The van der Waals surface area contributed by atoms with Gasteiger partial charge in [-0.15, -0.1) is 0 Å². The quantitative estimate of drug-likeness (QED) is 0.861. The van der Waals surface area contributed by atoms with Crippen molar-refractivity contribution in [2.75, 3.05) is 0 Å². The molecule has 0 aromatic carbocycles. The van der Waals surface area contributed by atoms with Crippen molar-refractivity contribution < 1.29 is 14.3 Å². The van der Waals surface area contributed by atoms with Gasteiger partial charge in [0.2, 0.25) is 0 Å². The van der Waals surface area contributed by atoms with Crippen molar-refractivity contribution in [2.24, 2.45) is 7.05 Å². The number of thioether (sulfide) groups is 1. The van der Waals surface area contributed by atoms with Gasteiger partial charge in [-0.25, -0.2) is 4.79 Å². The molecule has 0 unspecified atom stereocenters. The van der Waals surface area contributed by atoms with Crippen molar-refractivity contribution in [3.63, 3.8) is 0 Å². The number of furan rings is 1. The lowest BCUT2D eigenvalue weighted by molar-refractivity contribution is 0.0695. The number of rotatable bonds is 4. The molecule has 5 nitrogen and oxygen atoms in total. The normalized spacial score (nSPS) is 10.8. The highest BCUT2D eigenvalue weighted by molar-refractivity contribution is 7.98. The number of hydrogen-bond acceptors (Lipinski definition) is 4. The van der Waals surface area contributed by atoms with Gasteiger partial charge in [-0.2, -0.15) is 5.10 Å². The van der Waals surface area contributed by atoms with Crippen LogP contribution in [-0.4, -0.2) is 20.9 Å². The zero-order valence-electron chi connectivity index (χ0n) is 10.4. The lowest BCUT2D eigenvalue weighted by atomic mass is 10.2. The summed E-state index contributed by atoms with van der Waals surface area (Å²) in [6.07, 6.45) is 0. The number of nitrogens with zero attached hydrogens (tertiary/aromatic N) is 2. The first-order valence-corrected chi connectivity index (χ1v) is 6.42. The third kappa shape index (κ3) is 2.59. The maximum absolute atomic E-state index is 10.9. The molecule has 0 fully saturated rings. The van der Waals surface area contributed by atoms with Gasteiger partial charge in [0.25, 0.3) is 0 Å². The minimum atomic E-state index is -0.955. The summed E-state index contributed by atoms with van der Waals surface area (Å²) in [6.45, 7) is 3.59. The molecule has 0 amide bonds. The third-order valence-corrected chi connectivity index (χ3v) is 3.63. The van der Waals surface area contributed by atoms with Crippen molar-refractivity contribution in [1.82, 2.24) is 9.78 Å². The SMILES string of the molecule is Cc1cc(SCc2cc(C(=O)O)c(C)o2)n(C)n1. The van der Waals surface area contributed by atoms with E-state index in [0.717, 1.165) is 10.7 Å². The second-order valence-corrected chi connectivity index (χ2v) is 5.02. The smallest absolute Gasteiger partial charge is 0.339 e. The predicted octanol–water partition coefficient (Wildman–Crippen LogP) is 2.62. The van der Waals surface area contributed by atoms with Crippen LogP contribution in [0.3, 0.4) is 0 Å². The van der Waals surface area contributed by atoms with Gasteiger partial charge in [0.1, 0.15) is 17.1 Å². The number of carboxylic acid groups (broad SMARTS) is 1. The first kappa shape index (κ1) is 12.8. The summed E-state index contributed by atoms with van der Waals surface area (Å²) in [5, 5.41) is 14.2. The van der Waals surface area contributed by atoms with Gasteiger partial charge in [-0.1, -0.05) is 11.8 Å². The second kappa shape index (κ2) is 4.89. The fourth-order valence-electron chi connectivity index (χ4n) is 1.69. The Hall–Kier alpha value is -1.69. The molecular weight excluding hydrogens is 252 g/mol. The second-order valence-electron chi connectivity index (χ2n) is 4.02. The van der Waals surface area contributed by atoms with E-state index < -0.39 is 5.97 Å². The molecule has 2 heterocycles. The molecule has 2 aromatic rings. The zero-order chi connectivity index (χ0) is 13.3. The summed E-state index contributed by atoms with van der Waals surface area (Å²) >= 11 is 1.57. The Balaban J connectivity index is 2.09. The molecule has 0 saturated carbocycles. The van der Waals surface area contributed by atoms with Crippen LogP contribution in [0.2, 0.25) is 0 Å². The number of aromatic carboxylic acids is 1. The molecule has 0 saturated heterocycles. The van der Waals surface area contributed by atoms with Gasteiger partial charge in [0.15, 0.2) is 0 Å². The molecule has 6 heteroatoms. The van der Waals surface area contributed by atoms with E-state index in [0.29, 0.717) is 17.3 Å². The minimum absolute atomic E-state index is 0.229. The molecule has 2 aromatic heterocycles. The zero-order valence-corrected chi connectivity index (χ0v) is 11.2. The van der Waals surface area contributed by atoms with Crippen molar-refractivity contribution >= 4 is 17.7 Å². The average Bonchev–Trinajstić information content (AvgIpc) is 2.79. The van der Waals surface area contributed by atoms with Crippen LogP contribution in [0.4, 0.5) is 0 Å². The van der Waals surface area contributed by atoms with E-state index in [4.69, 9.17) is 9.52 Å². The van der Waals surface area contributed by atoms with Crippen LogP contribution in [0.1, 0.15) is 27.6 Å². The lowest BCUT2D eigenvalue weighted by Gasteiger charge is -1.98. The Morgan fingerprint density at radius 1 is 1.50 bits per heavy atom. The molecule has 0 radical (unpaired) electrons. The van der Waals surface area contributed by atoms with Gasteiger partial charge in [-0.05, 0) is 26.0 Å². The Morgan fingerprint density at radius 2 is 2.22 bits per heavy atom. The topological polar surface area (TPSA) is 68.3 Å². The Labute approximate surface area is 109 Å². The van der Waals surface area contributed by atoms with E-state index in [1.807, 2.05) is 20.0 Å². The molecule has 0 bridgehead atoms. The fourth-order valence-corrected chi connectivity index (χ4v) is 2.61. The van der Waals surface area contributed by atoms with Gasteiger partial charge < -0.3 is 9.52 Å². The fraction of sp³-hybridized carbons (Fsp3) is 0.333. The number of hydrogen-bond donors (Lipinski definition) is 1. The molecule has 0 aliphatic heterocycles. The summed E-state index contributed by atoms with van der Waals surface area (Å²) < 4.78 is 7.21. The summed E-state index contributed by atoms with van der Waals surface area (Å²) in [5.74, 6) is 0.740. The van der Waals surface area contributed by atoms with Crippen LogP contribution >= 0.6 is 11.8 Å². The largest absolute Gasteiger partial charge is 0.478 e. The maximum Gasteiger partial charge on any atom is 0.339 e. The molecule has 0 aliphatic rings. The van der Waals surface area contributed by atoms with Crippen LogP contribution in [0, 0.1) is 13.8 Å². The van der Waals surface area contributed by atoms with E-state index in [9.17, 15) is 4.79 Å². The van der Waals surface area contributed by atoms with E-state index in [-0.39, 0.29) is 5.56 Å². The highest BCUT2D eigenvalue weighted by atomic mass is 32.2. The first-order chi connectivity index (χ1) is 8.47. The third-order valence-electron chi connectivity index (χ3n) is 2.52. The Morgan fingerprint density at radius 3 is 2.72 bits per heavy atom. The van der Waals surface area contributed by atoms with Crippen molar-refractivity contribution in [3.8, 4) is 0 Å². The Bertz CT molecular complexity index is 586. The standard InChI is InChI=1S/C12H14N2O3S/c1-7-4-11(14(3)13-7)18-6-9-5-10(12(15)16)8(2)17-9/h4-5H,6H2,1-3H3,(H,15,16). The van der Waals surface area contributed by atoms with Gasteiger partial charge in [-0.3, -0.25) is 4.68 Å². The highest BCUT2D eigenvalue weighted by Gasteiger charge is 2.14. The van der Waals surface area contributed by atoms with Gasteiger partial charge >= 0.3 is 5.97 Å². The predicted molar refractivity (Wildman–Crippen MR) is 67.9 cm³/mol.